The van der Waals surface area contributed by atoms with Gasteiger partial charge in [-0.2, -0.15) is 0 Å². The number of anilines is 1. The number of hydrogen-bond acceptors (Lipinski definition) is 2. The molecule has 2 aromatic rings. The van der Waals surface area contributed by atoms with Crippen LogP contribution >= 0.6 is 50.7 Å². The fourth-order valence-corrected chi connectivity index (χ4v) is 2.85. The largest absolute Gasteiger partial charge is 0.370 e. The van der Waals surface area contributed by atoms with Gasteiger partial charge in [0, 0.05) is 20.2 Å². The molecule has 21 heavy (non-hydrogen) atoms. The van der Waals surface area contributed by atoms with E-state index in [2.05, 4.69) is 21.2 Å². The summed E-state index contributed by atoms with van der Waals surface area (Å²) >= 11 is 21.2. The van der Waals surface area contributed by atoms with E-state index in [4.69, 9.17) is 40.5 Å². The average molecular weight is 409 g/mol. The second-order valence-corrected chi connectivity index (χ2v) is 6.45. The summed E-state index contributed by atoms with van der Waals surface area (Å²) < 4.78 is 0.710. The van der Waals surface area contributed by atoms with Crippen molar-refractivity contribution in [2.45, 2.75) is 6.04 Å². The van der Waals surface area contributed by atoms with Gasteiger partial charge in [0.15, 0.2) is 0 Å². The van der Waals surface area contributed by atoms with Crippen LogP contribution in [0.5, 0.6) is 0 Å². The first-order chi connectivity index (χ1) is 9.86. The van der Waals surface area contributed by atoms with Crippen LogP contribution in [0.2, 0.25) is 15.1 Å². The van der Waals surface area contributed by atoms with Gasteiger partial charge in [-0.15, -0.1) is 0 Å². The molecule has 3 N–H and O–H groups in total. The van der Waals surface area contributed by atoms with E-state index in [-0.39, 0.29) is 0 Å². The molecule has 0 bridgehead atoms. The minimum absolute atomic E-state index is 0.433. The standard InChI is InChI=1S/C14H10BrCl3N2O/c15-11-6-10(1-2-12(11)18)20-13(14(19)21)7-3-8(16)5-9(17)4-7/h1-6,13,20H,(H2,19,21). The van der Waals surface area contributed by atoms with E-state index in [1.165, 1.54) is 0 Å². The Morgan fingerprint density at radius 1 is 1.10 bits per heavy atom. The number of amides is 1. The highest BCUT2D eigenvalue weighted by Crippen LogP contribution is 2.29. The molecule has 1 amide bonds. The summed E-state index contributed by atoms with van der Waals surface area (Å²) in [5.41, 5.74) is 6.73. The van der Waals surface area contributed by atoms with E-state index in [9.17, 15) is 4.79 Å². The number of nitrogens with two attached hydrogens (primary N) is 1. The molecular weight excluding hydrogens is 398 g/mol. The zero-order chi connectivity index (χ0) is 15.6. The van der Waals surface area contributed by atoms with Gasteiger partial charge >= 0.3 is 0 Å². The van der Waals surface area contributed by atoms with Crippen LogP contribution in [0.15, 0.2) is 40.9 Å². The van der Waals surface area contributed by atoms with Gasteiger partial charge < -0.3 is 11.1 Å². The number of primary amides is 1. The van der Waals surface area contributed by atoms with Crippen LogP contribution in [0.1, 0.15) is 11.6 Å². The molecule has 7 heteroatoms. The number of carbonyl (C=O) groups is 1. The van der Waals surface area contributed by atoms with Crippen molar-refractivity contribution in [2.75, 3.05) is 5.32 Å². The van der Waals surface area contributed by atoms with E-state index < -0.39 is 11.9 Å². The van der Waals surface area contributed by atoms with E-state index >= 15 is 0 Å². The van der Waals surface area contributed by atoms with Gasteiger partial charge in [0.25, 0.3) is 0 Å². The zero-order valence-corrected chi connectivity index (χ0v) is 14.4. The Balaban J connectivity index is 2.35. The number of halogens is 4. The lowest BCUT2D eigenvalue weighted by molar-refractivity contribution is -0.118. The maximum atomic E-state index is 11.7. The molecule has 0 fully saturated rings. The summed E-state index contributed by atoms with van der Waals surface area (Å²) in [5.74, 6) is -0.542. The lowest BCUT2D eigenvalue weighted by atomic mass is 10.1. The van der Waals surface area contributed by atoms with Crippen LogP contribution in [0.3, 0.4) is 0 Å². The van der Waals surface area contributed by atoms with Crippen LogP contribution in [-0.2, 0) is 4.79 Å². The second kappa shape index (κ2) is 6.88. The van der Waals surface area contributed by atoms with Crippen molar-refractivity contribution in [3.05, 3.63) is 61.5 Å². The fourth-order valence-electron chi connectivity index (χ4n) is 1.81. The highest BCUT2D eigenvalue weighted by Gasteiger charge is 2.19. The Hall–Kier alpha value is -0.940. The predicted octanol–water partition coefficient (Wildman–Crippen LogP) is 5.05. The van der Waals surface area contributed by atoms with Gasteiger partial charge in [-0.25, -0.2) is 0 Å². The lowest BCUT2D eigenvalue weighted by Gasteiger charge is -2.18. The maximum absolute atomic E-state index is 11.7. The third-order valence-electron chi connectivity index (χ3n) is 2.73. The first kappa shape index (κ1) is 16.4. The molecule has 0 saturated carbocycles. The van der Waals surface area contributed by atoms with Crippen LogP contribution in [0.25, 0.3) is 0 Å². The Morgan fingerprint density at radius 2 is 1.71 bits per heavy atom. The first-order valence-electron chi connectivity index (χ1n) is 5.83. The first-order valence-corrected chi connectivity index (χ1v) is 7.76. The van der Waals surface area contributed by atoms with Crippen molar-refractivity contribution in [2.24, 2.45) is 5.73 Å². The van der Waals surface area contributed by atoms with Gasteiger partial charge in [0.1, 0.15) is 6.04 Å². The molecule has 1 unspecified atom stereocenters. The summed E-state index contributed by atoms with van der Waals surface area (Å²) in [5, 5.41) is 4.47. The molecule has 110 valence electrons. The molecular formula is C14H10BrCl3N2O. The Bertz CT molecular complexity index is 674. The van der Waals surface area contributed by atoms with Gasteiger partial charge in [-0.3, -0.25) is 4.79 Å². The molecule has 2 rings (SSSR count). The summed E-state index contributed by atoms with van der Waals surface area (Å²) in [6, 6.07) is 9.32. The highest BCUT2D eigenvalue weighted by molar-refractivity contribution is 9.10. The number of rotatable bonds is 4. The van der Waals surface area contributed by atoms with Gasteiger partial charge in [0.05, 0.1) is 5.02 Å². The molecule has 1 atom stereocenters. The van der Waals surface area contributed by atoms with Crippen molar-refractivity contribution in [1.82, 2.24) is 0 Å². The second-order valence-electron chi connectivity index (χ2n) is 4.31. The van der Waals surface area contributed by atoms with E-state index in [1.54, 1.807) is 36.4 Å². The molecule has 3 nitrogen and oxygen atoms in total. The summed E-state index contributed by atoms with van der Waals surface area (Å²) in [7, 11) is 0. The molecule has 0 spiro atoms. The predicted molar refractivity (Wildman–Crippen MR) is 91.2 cm³/mol. The SMILES string of the molecule is NC(=O)C(Nc1ccc(Cl)c(Br)c1)c1cc(Cl)cc(Cl)c1. The molecule has 0 aliphatic rings. The van der Waals surface area contributed by atoms with Gasteiger partial charge in [0.2, 0.25) is 5.91 Å². The minimum atomic E-state index is -0.755. The van der Waals surface area contributed by atoms with Crippen molar-refractivity contribution >= 4 is 62.3 Å². The number of nitrogens with one attached hydrogen (secondary N) is 1. The normalized spacial score (nSPS) is 12.0. The molecule has 0 radical (unpaired) electrons. The van der Waals surface area contributed by atoms with Crippen LogP contribution in [0, 0.1) is 0 Å². The summed E-state index contributed by atoms with van der Waals surface area (Å²) in [6.45, 7) is 0. The fraction of sp³-hybridized carbons (Fsp3) is 0.0714. The molecule has 2 aromatic carbocycles. The Kier molecular flexibility index (Phi) is 5.38. The molecule has 0 aliphatic heterocycles. The molecule has 0 aliphatic carbocycles. The number of carbonyl (C=O) groups excluding carboxylic acids is 1. The average Bonchev–Trinajstić information content (AvgIpc) is 2.38. The Morgan fingerprint density at radius 3 is 2.24 bits per heavy atom. The van der Waals surface area contributed by atoms with Crippen molar-refractivity contribution in [3.63, 3.8) is 0 Å². The molecule has 0 heterocycles. The molecule has 0 aromatic heterocycles. The zero-order valence-electron chi connectivity index (χ0n) is 10.5. The monoisotopic (exact) mass is 406 g/mol. The summed E-state index contributed by atoms with van der Waals surface area (Å²) in [6.07, 6.45) is 0. The lowest BCUT2D eigenvalue weighted by Crippen LogP contribution is -2.27. The van der Waals surface area contributed by atoms with Crippen molar-refractivity contribution < 1.29 is 4.79 Å². The topological polar surface area (TPSA) is 55.1 Å². The quantitative estimate of drug-likeness (QED) is 0.744. The smallest absolute Gasteiger partial charge is 0.244 e. The van der Waals surface area contributed by atoms with E-state index in [0.29, 0.717) is 30.8 Å². The third kappa shape index (κ3) is 4.27. The number of benzene rings is 2. The summed E-state index contributed by atoms with van der Waals surface area (Å²) in [4.78, 5) is 11.7. The van der Waals surface area contributed by atoms with Crippen LogP contribution < -0.4 is 11.1 Å². The number of hydrogen-bond donors (Lipinski definition) is 2. The Labute approximate surface area is 145 Å². The van der Waals surface area contributed by atoms with Crippen LogP contribution in [-0.4, -0.2) is 5.91 Å². The maximum Gasteiger partial charge on any atom is 0.244 e. The van der Waals surface area contributed by atoms with Gasteiger partial charge in [-0.1, -0.05) is 34.8 Å². The van der Waals surface area contributed by atoms with Crippen LogP contribution in [0.4, 0.5) is 5.69 Å². The van der Waals surface area contributed by atoms with E-state index in [0.717, 1.165) is 0 Å². The van der Waals surface area contributed by atoms with E-state index in [1.807, 2.05) is 0 Å². The highest BCUT2D eigenvalue weighted by atomic mass is 79.9. The molecule has 0 saturated heterocycles. The van der Waals surface area contributed by atoms with Crippen molar-refractivity contribution in [3.8, 4) is 0 Å². The minimum Gasteiger partial charge on any atom is -0.370 e. The van der Waals surface area contributed by atoms with Gasteiger partial charge in [-0.05, 0) is 57.9 Å². The van der Waals surface area contributed by atoms with Crippen molar-refractivity contribution in [1.29, 1.82) is 0 Å². The third-order valence-corrected chi connectivity index (χ3v) is 4.38.